The van der Waals surface area contributed by atoms with E-state index in [-0.39, 0.29) is 36.2 Å². The number of hydrogen-bond donors (Lipinski definition) is 5. The van der Waals surface area contributed by atoms with Crippen LogP contribution < -0.4 is 4.74 Å². The molecular weight excluding hydrogens is 340 g/mol. The van der Waals surface area contributed by atoms with Crippen molar-refractivity contribution < 1.29 is 35.0 Å². The van der Waals surface area contributed by atoms with Crippen LogP contribution in [-0.2, 0) is 4.74 Å². The lowest BCUT2D eigenvalue weighted by Gasteiger charge is -2.25. The van der Waals surface area contributed by atoms with Crippen molar-refractivity contribution in [3.63, 3.8) is 0 Å². The van der Waals surface area contributed by atoms with E-state index in [1.807, 2.05) is 0 Å². The van der Waals surface area contributed by atoms with E-state index in [1.165, 1.54) is 25.3 Å². The van der Waals surface area contributed by atoms with Gasteiger partial charge < -0.3 is 35.0 Å². The van der Waals surface area contributed by atoms with Gasteiger partial charge >= 0.3 is 0 Å². The third-order valence-electron chi connectivity index (χ3n) is 4.90. The molecule has 2 aromatic carbocycles. The molecule has 4 atom stereocenters. The molecule has 1 saturated heterocycles. The van der Waals surface area contributed by atoms with Gasteiger partial charge in [0.2, 0.25) is 0 Å². The zero-order chi connectivity index (χ0) is 18.8. The number of aliphatic hydroxyl groups is 2. The summed E-state index contributed by atoms with van der Waals surface area (Å²) in [5.41, 5.74) is 1.15. The minimum absolute atomic E-state index is 0.0257. The Hall–Kier alpha value is -2.48. The number of phenolic OH excluding ortho intramolecular Hbond substituents is 3. The summed E-state index contributed by atoms with van der Waals surface area (Å²) >= 11 is 0. The van der Waals surface area contributed by atoms with Crippen LogP contribution in [0.3, 0.4) is 0 Å². The second-order valence-corrected chi connectivity index (χ2v) is 6.39. The normalized spacial score (nSPS) is 23.7. The van der Waals surface area contributed by atoms with Crippen LogP contribution in [0.2, 0.25) is 0 Å². The molecular formula is C19H22O7. The molecule has 5 N–H and O–H groups in total. The van der Waals surface area contributed by atoms with Gasteiger partial charge in [-0.2, -0.15) is 0 Å². The predicted octanol–water partition coefficient (Wildman–Crippen LogP) is 1.84. The van der Waals surface area contributed by atoms with Crippen LogP contribution in [0.5, 0.6) is 23.0 Å². The van der Waals surface area contributed by atoms with E-state index in [9.17, 15) is 25.5 Å². The molecule has 1 fully saturated rings. The highest BCUT2D eigenvalue weighted by atomic mass is 16.5. The molecule has 1 aliphatic heterocycles. The van der Waals surface area contributed by atoms with E-state index in [2.05, 4.69) is 0 Å². The van der Waals surface area contributed by atoms with Gasteiger partial charge in [0.05, 0.1) is 25.9 Å². The standard InChI is InChI=1S/C19H22O7/c1-25-17-7-10(2-5-15(17)22)18(24)13-9-26-19(12(13)8-20)11-3-4-14(21)16(23)6-11/h2-7,12-13,18-24H,8-9H2,1H3/t12-,13-,18-,19+/m0/s1. The summed E-state index contributed by atoms with van der Waals surface area (Å²) in [5, 5.41) is 49.5. The van der Waals surface area contributed by atoms with Crippen molar-refractivity contribution in [3.05, 3.63) is 47.5 Å². The molecule has 0 saturated carbocycles. The minimum atomic E-state index is -0.933. The molecule has 0 unspecified atom stereocenters. The van der Waals surface area contributed by atoms with Gasteiger partial charge in [0, 0.05) is 18.4 Å². The van der Waals surface area contributed by atoms with Gasteiger partial charge in [0.15, 0.2) is 23.0 Å². The number of phenols is 3. The zero-order valence-electron chi connectivity index (χ0n) is 14.2. The Bertz CT molecular complexity index is 776. The van der Waals surface area contributed by atoms with E-state index in [0.29, 0.717) is 11.1 Å². The lowest BCUT2D eigenvalue weighted by atomic mass is 9.82. The second-order valence-electron chi connectivity index (χ2n) is 6.39. The first-order chi connectivity index (χ1) is 12.5. The van der Waals surface area contributed by atoms with Crippen LogP contribution in [0, 0.1) is 11.8 Å². The number of aromatic hydroxyl groups is 3. The number of aliphatic hydroxyl groups excluding tert-OH is 2. The Labute approximate surface area is 150 Å². The molecule has 7 heteroatoms. The first kappa shape index (κ1) is 18.3. The summed E-state index contributed by atoms with van der Waals surface area (Å²) in [4.78, 5) is 0. The van der Waals surface area contributed by atoms with E-state index in [4.69, 9.17) is 9.47 Å². The van der Waals surface area contributed by atoms with E-state index in [0.717, 1.165) is 0 Å². The number of ether oxygens (including phenoxy) is 2. The Morgan fingerprint density at radius 1 is 1.08 bits per heavy atom. The average molecular weight is 362 g/mol. The zero-order valence-corrected chi connectivity index (χ0v) is 14.2. The quantitative estimate of drug-likeness (QED) is 0.515. The number of rotatable bonds is 5. The highest BCUT2D eigenvalue weighted by Crippen LogP contribution is 2.45. The maximum absolute atomic E-state index is 10.8. The molecule has 3 rings (SSSR count). The molecule has 1 aliphatic rings. The summed E-state index contributed by atoms with van der Waals surface area (Å²) in [6.07, 6.45) is -1.46. The lowest BCUT2D eigenvalue weighted by molar-refractivity contribution is 0.0632. The smallest absolute Gasteiger partial charge is 0.160 e. The van der Waals surface area contributed by atoms with Gasteiger partial charge in [-0.25, -0.2) is 0 Å². The maximum atomic E-state index is 10.8. The number of benzene rings is 2. The van der Waals surface area contributed by atoms with Crippen molar-refractivity contribution in [3.8, 4) is 23.0 Å². The van der Waals surface area contributed by atoms with Gasteiger partial charge in [-0.3, -0.25) is 0 Å². The Morgan fingerprint density at radius 2 is 1.81 bits per heavy atom. The van der Waals surface area contributed by atoms with Gasteiger partial charge in [0.1, 0.15) is 0 Å². The highest BCUT2D eigenvalue weighted by molar-refractivity contribution is 5.43. The van der Waals surface area contributed by atoms with E-state index < -0.39 is 24.0 Å². The van der Waals surface area contributed by atoms with Gasteiger partial charge in [-0.05, 0) is 35.4 Å². The second kappa shape index (κ2) is 7.41. The largest absolute Gasteiger partial charge is 0.504 e. The summed E-state index contributed by atoms with van der Waals surface area (Å²) in [7, 11) is 1.42. The van der Waals surface area contributed by atoms with Crippen LogP contribution >= 0.6 is 0 Å². The number of hydrogen-bond acceptors (Lipinski definition) is 7. The molecule has 0 radical (unpaired) electrons. The monoisotopic (exact) mass is 362 g/mol. The molecule has 140 valence electrons. The molecule has 1 heterocycles. The van der Waals surface area contributed by atoms with Crippen LogP contribution in [-0.4, -0.2) is 45.9 Å². The predicted molar refractivity (Wildman–Crippen MR) is 92.1 cm³/mol. The Morgan fingerprint density at radius 3 is 2.46 bits per heavy atom. The van der Waals surface area contributed by atoms with Crippen molar-refractivity contribution in [2.75, 3.05) is 20.3 Å². The fraction of sp³-hybridized carbons (Fsp3) is 0.368. The third kappa shape index (κ3) is 3.29. The van der Waals surface area contributed by atoms with Gasteiger partial charge in [-0.15, -0.1) is 0 Å². The molecule has 7 nitrogen and oxygen atoms in total. The summed E-state index contributed by atoms with van der Waals surface area (Å²) in [6, 6.07) is 8.94. The molecule has 26 heavy (non-hydrogen) atoms. The molecule has 0 aliphatic carbocycles. The SMILES string of the molecule is COc1cc([C@H](O)[C@H]2CO[C@H](c3ccc(O)c(O)c3)[C@H]2CO)ccc1O. The average Bonchev–Trinajstić information content (AvgIpc) is 3.07. The first-order valence-corrected chi connectivity index (χ1v) is 8.25. The van der Waals surface area contributed by atoms with Crippen molar-refractivity contribution in [2.45, 2.75) is 12.2 Å². The van der Waals surface area contributed by atoms with Crippen LogP contribution in [0.1, 0.15) is 23.3 Å². The van der Waals surface area contributed by atoms with E-state index in [1.54, 1.807) is 18.2 Å². The van der Waals surface area contributed by atoms with Crippen molar-refractivity contribution >= 4 is 0 Å². The third-order valence-corrected chi connectivity index (χ3v) is 4.90. The fourth-order valence-electron chi connectivity index (χ4n) is 3.43. The van der Waals surface area contributed by atoms with Crippen molar-refractivity contribution in [1.29, 1.82) is 0 Å². The minimum Gasteiger partial charge on any atom is -0.504 e. The molecule has 2 aromatic rings. The molecule has 0 amide bonds. The van der Waals surface area contributed by atoms with Crippen LogP contribution in [0.25, 0.3) is 0 Å². The first-order valence-electron chi connectivity index (χ1n) is 8.25. The Kier molecular flexibility index (Phi) is 5.22. The van der Waals surface area contributed by atoms with Gasteiger partial charge in [0.25, 0.3) is 0 Å². The lowest BCUT2D eigenvalue weighted by Crippen LogP contribution is -2.25. The summed E-state index contributed by atoms with van der Waals surface area (Å²) in [5.74, 6) is -1.08. The molecule has 0 bridgehead atoms. The summed E-state index contributed by atoms with van der Waals surface area (Å²) < 4.78 is 10.9. The van der Waals surface area contributed by atoms with Crippen LogP contribution in [0.15, 0.2) is 36.4 Å². The van der Waals surface area contributed by atoms with Gasteiger partial charge in [-0.1, -0.05) is 12.1 Å². The van der Waals surface area contributed by atoms with Crippen molar-refractivity contribution in [1.82, 2.24) is 0 Å². The Balaban J connectivity index is 1.85. The topological polar surface area (TPSA) is 120 Å². The molecule has 0 spiro atoms. The highest BCUT2D eigenvalue weighted by Gasteiger charge is 2.42. The van der Waals surface area contributed by atoms with E-state index >= 15 is 0 Å². The fourth-order valence-corrected chi connectivity index (χ4v) is 3.43. The maximum Gasteiger partial charge on any atom is 0.160 e. The number of methoxy groups -OCH3 is 1. The van der Waals surface area contributed by atoms with Crippen LogP contribution in [0.4, 0.5) is 0 Å². The molecule has 0 aromatic heterocycles. The summed E-state index contributed by atoms with van der Waals surface area (Å²) in [6.45, 7) is -0.00879. The van der Waals surface area contributed by atoms with Crippen molar-refractivity contribution in [2.24, 2.45) is 11.8 Å².